The highest BCUT2D eigenvalue weighted by molar-refractivity contribution is 6.42. The van der Waals surface area contributed by atoms with Crippen LogP contribution in [0.15, 0.2) is 18.2 Å². The van der Waals surface area contributed by atoms with E-state index in [4.69, 9.17) is 27.9 Å². The van der Waals surface area contributed by atoms with Crippen molar-refractivity contribution in [2.75, 3.05) is 13.1 Å². The van der Waals surface area contributed by atoms with Gasteiger partial charge in [0.1, 0.15) is 11.9 Å². The molecule has 0 bridgehead atoms. The zero-order valence-corrected chi connectivity index (χ0v) is 14.8. The summed E-state index contributed by atoms with van der Waals surface area (Å²) in [6.07, 6.45) is 0.647. The van der Waals surface area contributed by atoms with Gasteiger partial charge in [-0.1, -0.05) is 29.3 Å². The van der Waals surface area contributed by atoms with Crippen LogP contribution in [-0.2, 0) is 14.9 Å². The number of hydrogen-bond donors (Lipinski definition) is 0. The van der Waals surface area contributed by atoms with Gasteiger partial charge >= 0.3 is 6.09 Å². The third-order valence-corrected chi connectivity index (χ3v) is 5.44. The SMILES string of the molecule is CC(C)(C)OC(=O)N1CC2C(C=O)C2(c2ccc(Cl)c(Cl)c2)C1. The molecular weight excluding hydrogens is 337 g/mol. The summed E-state index contributed by atoms with van der Waals surface area (Å²) < 4.78 is 5.43. The Labute approximate surface area is 145 Å². The molecule has 1 aromatic carbocycles. The highest BCUT2D eigenvalue weighted by atomic mass is 35.5. The summed E-state index contributed by atoms with van der Waals surface area (Å²) >= 11 is 12.1. The standard InChI is InChI=1S/C17H19Cl2NO3/c1-16(2,3)23-15(22)20-7-11-12(8-21)17(11,9-20)10-4-5-13(18)14(19)6-10/h4-6,8,11-12H,7,9H2,1-3H3. The van der Waals surface area contributed by atoms with Gasteiger partial charge in [0, 0.05) is 24.4 Å². The number of ether oxygens (including phenoxy) is 1. The number of fused-ring (bicyclic) bond motifs is 1. The number of benzene rings is 1. The number of aldehydes is 1. The van der Waals surface area contributed by atoms with Crippen molar-refractivity contribution in [2.45, 2.75) is 31.8 Å². The van der Waals surface area contributed by atoms with Gasteiger partial charge in [-0.3, -0.25) is 0 Å². The lowest BCUT2D eigenvalue weighted by atomic mass is 9.93. The van der Waals surface area contributed by atoms with E-state index in [2.05, 4.69) is 0 Å². The predicted molar refractivity (Wildman–Crippen MR) is 89.0 cm³/mol. The first kappa shape index (κ1) is 16.6. The van der Waals surface area contributed by atoms with Crippen LogP contribution in [0.4, 0.5) is 4.79 Å². The van der Waals surface area contributed by atoms with Gasteiger partial charge in [0.25, 0.3) is 0 Å². The van der Waals surface area contributed by atoms with E-state index in [0.29, 0.717) is 23.1 Å². The molecule has 23 heavy (non-hydrogen) atoms. The second kappa shape index (κ2) is 5.38. The molecule has 124 valence electrons. The molecule has 3 atom stereocenters. The molecule has 0 spiro atoms. The zero-order chi connectivity index (χ0) is 17.0. The Bertz CT molecular complexity index is 670. The van der Waals surface area contributed by atoms with E-state index in [1.165, 1.54) is 0 Å². The van der Waals surface area contributed by atoms with Crippen molar-refractivity contribution in [3.63, 3.8) is 0 Å². The molecule has 6 heteroatoms. The first-order valence-electron chi connectivity index (χ1n) is 7.58. The molecule has 1 aliphatic heterocycles. The van der Waals surface area contributed by atoms with E-state index in [-0.39, 0.29) is 23.3 Å². The van der Waals surface area contributed by atoms with Gasteiger partial charge in [-0.2, -0.15) is 0 Å². The van der Waals surface area contributed by atoms with Crippen molar-refractivity contribution in [1.29, 1.82) is 0 Å². The lowest BCUT2D eigenvalue weighted by Gasteiger charge is -2.27. The topological polar surface area (TPSA) is 46.6 Å². The van der Waals surface area contributed by atoms with Crippen molar-refractivity contribution < 1.29 is 14.3 Å². The minimum Gasteiger partial charge on any atom is -0.444 e. The molecule has 1 aromatic rings. The molecule has 1 heterocycles. The summed E-state index contributed by atoms with van der Waals surface area (Å²) in [6, 6.07) is 5.43. The fraction of sp³-hybridized carbons (Fsp3) is 0.529. The monoisotopic (exact) mass is 355 g/mol. The van der Waals surface area contributed by atoms with E-state index in [1.54, 1.807) is 17.0 Å². The van der Waals surface area contributed by atoms with Crippen LogP contribution >= 0.6 is 23.2 Å². The molecule has 1 saturated heterocycles. The summed E-state index contributed by atoms with van der Waals surface area (Å²) in [5, 5.41) is 0.943. The number of halogens is 2. The maximum absolute atomic E-state index is 12.3. The second-order valence-electron chi connectivity index (χ2n) is 7.30. The fourth-order valence-corrected chi connectivity index (χ4v) is 3.93. The third-order valence-electron chi connectivity index (χ3n) is 4.71. The van der Waals surface area contributed by atoms with Crippen molar-refractivity contribution in [2.24, 2.45) is 11.8 Å². The number of piperidine rings is 1. The lowest BCUT2D eigenvalue weighted by Crippen LogP contribution is -2.39. The highest BCUT2D eigenvalue weighted by Gasteiger charge is 2.70. The van der Waals surface area contributed by atoms with Crippen LogP contribution in [0.25, 0.3) is 0 Å². The average molecular weight is 356 g/mol. The van der Waals surface area contributed by atoms with Gasteiger partial charge in [-0.15, -0.1) is 0 Å². The van der Waals surface area contributed by atoms with Crippen LogP contribution in [-0.4, -0.2) is 36.0 Å². The quantitative estimate of drug-likeness (QED) is 0.755. The zero-order valence-electron chi connectivity index (χ0n) is 13.3. The molecular formula is C17H19Cl2NO3. The average Bonchev–Trinajstić information content (AvgIpc) is 2.87. The van der Waals surface area contributed by atoms with Gasteiger partial charge in [0.05, 0.1) is 10.0 Å². The summed E-state index contributed by atoms with van der Waals surface area (Å²) in [6.45, 7) is 6.51. The summed E-state index contributed by atoms with van der Waals surface area (Å²) in [5.41, 5.74) is 0.0671. The Morgan fingerprint density at radius 1 is 1.35 bits per heavy atom. The van der Waals surface area contributed by atoms with Crippen molar-refractivity contribution in [3.05, 3.63) is 33.8 Å². The molecule has 3 unspecified atom stereocenters. The molecule has 4 nitrogen and oxygen atoms in total. The lowest BCUT2D eigenvalue weighted by molar-refractivity contribution is -0.109. The number of amides is 1. The van der Waals surface area contributed by atoms with Crippen molar-refractivity contribution in [1.82, 2.24) is 4.90 Å². The first-order chi connectivity index (χ1) is 10.7. The predicted octanol–water partition coefficient (Wildman–Crippen LogP) is 3.93. The van der Waals surface area contributed by atoms with E-state index >= 15 is 0 Å². The number of likely N-dealkylation sites (tertiary alicyclic amines) is 1. The highest BCUT2D eigenvalue weighted by Crippen LogP contribution is 2.63. The maximum atomic E-state index is 12.3. The molecule has 2 aliphatic rings. The maximum Gasteiger partial charge on any atom is 0.410 e. The number of hydrogen-bond acceptors (Lipinski definition) is 3. The number of carbonyl (C=O) groups excluding carboxylic acids is 2. The van der Waals surface area contributed by atoms with Gasteiger partial charge in [-0.05, 0) is 44.4 Å². The first-order valence-corrected chi connectivity index (χ1v) is 8.33. The van der Waals surface area contributed by atoms with Crippen LogP contribution in [0.2, 0.25) is 10.0 Å². The van der Waals surface area contributed by atoms with E-state index in [0.717, 1.165) is 11.8 Å². The van der Waals surface area contributed by atoms with Crippen LogP contribution in [0.1, 0.15) is 26.3 Å². The molecule has 0 aromatic heterocycles. The van der Waals surface area contributed by atoms with Crippen molar-refractivity contribution in [3.8, 4) is 0 Å². The Morgan fingerprint density at radius 2 is 2.04 bits per heavy atom. The number of nitrogens with zero attached hydrogens (tertiary/aromatic N) is 1. The van der Waals surface area contributed by atoms with Gasteiger partial charge < -0.3 is 14.4 Å². The number of rotatable bonds is 2. The molecule has 2 fully saturated rings. The summed E-state index contributed by atoms with van der Waals surface area (Å²) in [7, 11) is 0. The Hall–Kier alpha value is -1.26. The van der Waals surface area contributed by atoms with Crippen molar-refractivity contribution >= 4 is 35.6 Å². The van der Waals surface area contributed by atoms with E-state index < -0.39 is 5.60 Å². The molecule has 0 N–H and O–H groups in total. The Balaban J connectivity index is 1.85. The van der Waals surface area contributed by atoms with Crippen LogP contribution < -0.4 is 0 Å². The largest absolute Gasteiger partial charge is 0.444 e. The van der Waals surface area contributed by atoms with Crippen LogP contribution in [0.3, 0.4) is 0 Å². The minimum atomic E-state index is -0.537. The van der Waals surface area contributed by atoms with Crippen LogP contribution in [0.5, 0.6) is 0 Å². The van der Waals surface area contributed by atoms with Crippen LogP contribution in [0, 0.1) is 11.8 Å². The smallest absolute Gasteiger partial charge is 0.410 e. The molecule has 3 rings (SSSR count). The molecule has 0 radical (unpaired) electrons. The van der Waals surface area contributed by atoms with E-state index in [9.17, 15) is 9.59 Å². The second-order valence-corrected chi connectivity index (χ2v) is 8.11. The number of carbonyl (C=O) groups is 2. The molecule has 1 saturated carbocycles. The molecule has 1 amide bonds. The normalized spacial score (nSPS) is 29.2. The minimum absolute atomic E-state index is 0.0848. The third kappa shape index (κ3) is 2.72. The van der Waals surface area contributed by atoms with E-state index in [1.807, 2.05) is 26.8 Å². The Morgan fingerprint density at radius 3 is 2.61 bits per heavy atom. The molecule has 1 aliphatic carbocycles. The summed E-state index contributed by atoms with van der Waals surface area (Å²) in [5.74, 6) is 0.0307. The fourth-order valence-electron chi connectivity index (χ4n) is 3.63. The van der Waals surface area contributed by atoms with Gasteiger partial charge in [0.2, 0.25) is 0 Å². The van der Waals surface area contributed by atoms with Gasteiger partial charge in [-0.25, -0.2) is 4.79 Å². The Kier molecular flexibility index (Phi) is 3.88. The summed E-state index contributed by atoms with van der Waals surface area (Å²) in [4.78, 5) is 25.4. The van der Waals surface area contributed by atoms with Gasteiger partial charge in [0.15, 0.2) is 0 Å².